The Labute approximate surface area is 139 Å². The number of rotatable bonds is 17. The molecule has 0 saturated heterocycles. The van der Waals surface area contributed by atoms with Crippen LogP contribution in [0.2, 0.25) is 0 Å². The third kappa shape index (κ3) is 19.1. The smallest absolute Gasteiger partial charge is 0.225 e. The van der Waals surface area contributed by atoms with Gasteiger partial charge in [0.2, 0.25) is 6.29 Å². The molecule has 0 aliphatic heterocycles. The maximum absolute atomic E-state index is 9.93. The van der Waals surface area contributed by atoms with Crippen molar-refractivity contribution in [2.75, 3.05) is 0 Å². The van der Waals surface area contributed by atoms with E-state index >= 15 is 0 Å². The summed E-state index contributed by atoms with van der Waals surface area (Å²) in [6, 6.07) is 0. The minimum atomic E-state index is 1.13. The molecule has 1 radical (unpaired) electrons. The highest BCUT2D eigenvalue weighted by atomic mass is 16.1. The van der Waals surface area contributed by atoms with Gasteiger partial charge >= 0.3 is 0 Å². The first-order valence-electron chi connectivity index (χ1n) is 9.61. The lowest BCUT2D eigenvalue weighted by Crippen LogP contribution is -1.83. The molecule has 0 N–H and O–H groups in total. The summed E-state index contributed by atoms with van der Waals surface area (Å²) in [5, 5.41) is 0. The molecule has 0 spiro atoms. The van der Waals surface area contributed by atoms with E-state index in [4.69, 9.17) is 0 Å². The maximum atomic E-state index is 9.93. The summed E-state index contributed by atoms with van der Waals surface area (Å²) in [6.07, 6.45) is 29.8. The summed E-state index contributed by atoms with van der Waals surface area (Å²) < 4.78 is 0. The van der Waals surface area contributed by atoms with E-state index in [9.17, 15) is 4.79 Å². The molecule has 0 aromatic heterocycles. The largest absolute Gasteiger partial charge is 0.286 e. The summed E-state index contributed by atoms with van der Waals surface area (Å²) in [5.74, 6) is 0. The second kappa shape index (κ2) is 20.1. The van der Waals surface area contributed by atoms with Crippen molar-refractivity contribution in [1.82, 2.24) is 0 Å². The molecule has 0 amide bonds. The van der Waals surface area contributed by atoms with Crippen molar-refractivity contribution in [1.29, 1.82) is 0 Å². The Bertz CT molecular complexity index is 265. The van der Waals surface area contributed by atoms with E-state index in [-0.39, 0.29) is 0 Å². The normalized spacial score (nSPS) is 11.7. The van der Waals surface area contributed by atoms with E-state index in [1.807, 2.05) is 6.08 Å². The van der Waals surface area contributed by atoms with Crippen LogP contribution in [0.25, 0.3) is 0 Å². The Kier molecular flexibility index (Phi) is 19.4. The second-order valence-corrected chi connectivity index (χ2v) is 6.29. The van der Waals surface area contributed by atoms with Gasteiger partial charge < -0.3 is 0 Å². The van der Waals surface area contributed by atoms with Crippen LogP contribution in [0.3, 0.4) is 0 Å². The van der Waals surface area contributed by atoms with E-state index in [0.29, 0.717) is 0 Å². The van der Waals surface area contributed by atoms with Gasteiger partial charge in [-0.1, -0.05) is 109 Å². The topological polar surface area (TPSA) is 17.1 Å². The van der Waals surface area contributed by atoms with E-state index in [2.05, 4.69) is 13.0 Å². The molecule has 0 bridgehead atoms. The average molecular weight is 306 g/mol. The lowest BCUT2D eigenvalue weighted by Gasteiger charge is -2.02. The summed E-state index contributed by atoms with van der Waals surface area (Å²) in [7, 11) is 0. The summed E-state index contributed by atoms with van der Waals surface area (Å²) in [6.45, 7) is 2.28. The van der Waals surface area contributed by atoms with Crippen molar-refractivity contribution in [3.05, 3.63) is 24.3 Å². The van der Waals surface area contributed by atoms with Gasteiger partial charge in [0.1, 0.15) is 0 Å². The van der Waals surface area contributed by atoms with Crippen molar-refractivity contribution in [2.24, 2.45) is 0 Å². The van der Waals surface area contributed by atoms with Crippen LogP contribution in [0.15, 0.2) is 24.3 Å². The molecule has 0 rings (SSSR count). The predicted molar refractivity (Wildman–Crippen MR) is 98.9 cm³/mol. The summed E-state index contributed by atoms with van der Waals surface area (Å²) in [5.41, 5.74) is 0. The lowest BCUT2D eigenvalue weighted by molar-refractivity contribution is 0.536. The molecule has 0 saturated carbocycles. The van der Waals surface area contributed by atoms with Crippen molar-refractivity contribution in [3.8, 4) is 0 Å². The zero-order valence-corrected chi connectivity index (χ0v) is 14.8. The third-order valence-corrected chi connectivity index (χ3v) is 4.14. The lowest BCUT2D eigenvalue weighted by atomic mass is 10.0. The summed E-state index contributed by atoms with van der Waals surface area (Å²) >= 11 is 0. The van der Waals surface area contributed by atoms with Crippen molar-refractivity contribution < 1.29 is 4.79 Å². The Morgan fingerprint density at radius 1 is 0.636 bits per heavy atom. The predicted octanol–water partition coefficient (Wildman–Crippen LogP) is 7.08. The van der Waals surface area contributed by atoms with Crippen LogP contribution in [-0.4, -0.2) is 6.29 Å². The number of hydrogen-bond donors (Lipinski definition) is 0. The highest BCUT2D eigenvalue weighted by Crippen LogP contribution is 2.13. The molecule has 0 fully saturated rings. The van der Waals surface area contributed by atoms with Gasteiger partial charge in [0.15, 0.2) is 0 Å². The van der Waals surface area contributed by atoms with Crippen LogP contribution in [0.1, 0.15) is 103 Å². The molecule has 0 aliphatic rings. The van der Waals surface area contributed by atoms with Crippen molar-refractivity contribution in [3.63, 3.8) is 0 Å². The molecule has 0 atom stereocenters. The molecule has 1 heteroatoms. The van der Waals surface area contributed by atoms with Crippen molar-refractivity contribution >= 4 is 6.29 Å². The maximum Gasteiger partial charge on any atom is 0.225 e. The molecule has 1 nitrogen and oxygen atoms in total. The number of unbranched alkanes of at least 4 members (excludes halogenated alkanes) is 14. The Morgan fingerprint density at radius 2 is 1.09 bits per heavy atom. The highest BCUT2D eigenvalue weighted by molar-refractivity contribution is 5.66. The molecular formula is C21H37O. The first-order valence-corrected chi connectivity index (χ1v) is 9.61. The molecule has 127 valence electrons. The van der Waals surface area contributed by atoms with Gasteiger partial charge in [-0.25, -0.2) is 0 Å². The van der Waals surface area contributed by atoms with Gasteiger partial charge in [-0.2, -0.15) is 0 Å². The van der Waals surface area contributed by atoms with Crippen LogP contribution in [0, 0.1) is 0 Å². The minimum absolute atomic E-state index is 1.13. The van der Waals surface area contributed by atoms with E-state index in [1.165, 1.54) is 96.0 Å². The molecule has 22 heavy (non-hydrogen) atoms. The second-order valence-electron chi connectivity index (χ2n) is 6.29. The van der Waals surface area contributed by atoms with Crippen LogP contribution in [0.5, 0.6) is 0 Å². The Hall–Kier alpha value is -0.850. The van der Waals surface area contributed by atoms with Gasteiger partial charge in [0, 0.05) is 0 Å². The fourth-order valence-corrected chi connectivity index (χ4v) is 2.73. The first-order chi connectivity index (χ1) is 10.9. The van der Waals surface area contributed by atoms with Gasteiger partial charge in [-0.3, -0.25) is 4.79 Å². The molecule has 0 aliphatic carbocycles. The van der Waals surface area contributed by atoms with Crippen molar-refractivity contribution in [2.45, 2.75) is 103 Å². The monoisotopic (exact) mass is 305 g/mol. The number of carbonyl (C=O) groups excluding carboxylic acids is 1. The molecule has 0 unspecified atom stereocenters. The van der Waals surface area contributed by atoms with Gasteiger partial charge in [-0.15, -0.1) is 0 Å². The molecule has 0 aromatic carbocycles. The zero-order chi connectivity index (χ0) is 16.1. The van der Waals surface area contributed by atoms with E-state index < -0.39 is 0 Å². The zero-order valence-electron chi connectivity index (χ0n) is 14.8. The van der Waals surface area contributed by atoms with Crippen LogP contribution in [0.4, 0.5) is 0 Å². The standard InChI is InChI=1S/C21H37O/c1-2-3-4-5-6-7-8-9-10-11-12-13-14-15-16-17-18-19-20-21-22/h17-20H,2-16H2,1H3/b18-17+,20-19+. The first kappa shape index (κ1) is 21.1. The molecular weight excluding hydrogens is 268 g/mol. The fourth-order valence-electron chi connectivity index (χ4n) is 2.73. The minimum Gasteiger partial charge on any atom is -0.286 e. The Balaban J connectivity index is 3.04. The fraction of sp³-hybridized carbons (Fsp3) is 0.762. The van der Waals surface area contributed by atoms with E-state index in [1.54, 1.807) is 12.4 Å². The third-order valence-electron chi connectivity index (χ3n) is 4.14. The SMILES string of the molecule is CCCCCCCCCCCCCCCC/C=C/C=C/[C]=O. The van der Waals surface area contributed by atoms with Gasteiger partial charge in [0.25, 0.3) is 0 Å². The van der Waals surface area contributed by atoms with E-state index in [0.717, 1.165) is 6.42 Å². The van der Waals surface area contributed by atoms with Gasteiger partial charge in [-0.05, 0) is 18.9 Å². The number of hydrogen-bond acceptors (Lipinski definition) is 1. The number of allylic oxidation sites excluding steroid dienone is 4. The highest BCUT2D eigenvalue weighted by Gasteiger charge is 1.93. The molecule has 0 heterocycles. The average Bonchev–Trinajstić information content (AvgIpc) is 2.54. The molecule has 0 aromatic rings. The summed E-state index contributed by atoms with van der Waals surface area (Å²) in [4.78, 5) is 9.93. The van der Waals surface area contributed by atoms with Crippen LogP contribution >= 0.6 is 0 Å². The Morgan fingerprint density at radius 3 is 1.55 bits per heavy atom. The quantitative estimate of drug-likeness (QED) is 0.159. The van der Waals surface area contributed by atoms with Crippen LogP contribution < -0.4 is 0 Å². The van der Waals surface area contributed by atoms with Crippen LogP contribution in [-0.2, 0) is 4.79 Å². The van der Waals surface area contributed by atoms with Gasteiger partial charge in [0.05, 0.1) is 0 Å².